The van der Waals surface area contributed by atoms with Gasteiger partial charge in [0.2, 0.25) is 0 Å². The number of terminal acetylenes is 1. The fourth-order valence-electron chi connectivity index (χ4n) is 1.49. The maximum atomic E-state index is 11.7. The molecule has 0 bridgehead atoms. The summed E-state index contributed by atoms with van der Waals surface area (Å²) in [6, 6.07) is 5.30. The molecule has 0 saturated carbocycles. The lowest BCUT2D eigenvalue weighted by Crippen LogP contribution is -2.27. The number of carbonyl (C=O) groups excluding carboxylic acids is 1. The lowest BCUT2D eigenvalue weighted by molar-refractivity contribution is 0.0636. The maximum absolute atomic E-state index is 11.7. The average Bonchev–Trinajstić information content (AvgIpc) is 2.29. The number of anilines is 1. The molecule has 1 aromatic rings. The number of methoxy groups -OCH3 is 1. The molecule has 0 aliphatic heterocycles. The third-order valence-corrected chi connectivity index (χ3v) is 2.24. The molecule has 0 fully saturated rings. The third kappa shape index (κ3) is 4.92. The minimum atomic E-state index is -0.539. The van der Waals surface area contributed by atoms with Gasteiger partial charge in [-0.3, -0.25) is 5.32 Å². The summed E-state index contributed by atoms with van der Waals surface area (Å²) in [5.74, 6) is 3.24. The molecular weight excluding hydrogens is 242 g/mol. The van der Waals surface area contributed by atoms with Gasteiger partial charge in [-0.05, 0) is 44.5 Å². The van der Waals surface area contributed by atoms with Crippen molar-refractivity contribution in [1.29, 1.82) is 0 Å². The first-order valence-corrected chi connectivity index (χ1v) is 5.96. The number of carbonyl (C=O) groups is 1. The van der Waals surface area contributed by atoms with Gasteiger partial charge in [-0.25, -0.2) is 4.79 Å². The van der Waals surface area contributed by atoms with Crippen LogP contribution in [0.2, 0.25) is 0 Å². The van der Waals surface area contributed by atoms with E-state index in [2.05, 4.69) is 11.2 Å². The monoisotopic (exact) mass is 261 g/mol. The van der Waals surface area contributed by atoms with Gasteiger partial charge in [0.05, 0.1) is 7.11 Å². The summed E-state index contributed by atoms with van der Waals surface area (Å²) in [6.07, 6.45) is 5.22. The van der Waals surface area contributed by atoms with Crippen LogP contribution in [0.25, 0.3) is 0 Å². The zero-order chi connectivity index (χ0) is 14.5. The van der Waals surface area contributed by atoms with E-state index in [1.807, 2.05) is 20.8 Å². The summed E-state index contributed by atoms with van der Waals surface area (Å²) in [5, 5.41) is 2.69. The van der Waals surface area contributed by atoms with Gasteiger partial charge in [0.1, 0.15) is 11.4 Å². The SMILES string of the molecule is C#CCc1cc(OC)ccc1NC(=O)OC(C)(C)C. The number of hydrogen-bond donors (Lipinski definition) is 1. The lowest BCUT2D eigenvalue weighted by Gasteiger charge is -2.20. The minimum absolute atomic E-state index is 0.405. The van der Waals surface area contributed by atoms with Crippen LogP contribution in [0.5, 0.6) is 5.75 Å². The number of ether oxygens (including phenoxy) is 2. The molecule has 4 heteroatoms. The van der Waals surface area contributed by atoms with Crippen molar-refractivity contribution in [1.82, 2.24) is 0 Å². The predicted molar refractivity (Wildman–Crippen MR) is 75.4 cm³/mol. The van der Waals surface area contributed by atoms with Crippen molar-refractivity contribution in [2.45, 2.75) is 32.8 Å². The van der Waals surface area contributed by atoms with Crippen LogP contribution in [0, 0.1) is 12.3 Å². The standard InChI is InChI=1S/C15H19NO3/c1-6-7-11-10-12(18-5)8-9-13(11)16-14(17)19-15(2,3)4/h1,8-10H,7H2,2-5H3,(H,16,17). The van der Waals surface area contributed by atoms with Crippen LogP contribution in [-0.2, 0) is 11.2 Å². The van der Waals surface area contributed by atoms with Crippen LogP contribution in [0.15, 0.2) is 18.2 Å². The Hall–Kier alpha value is -2.15. The fraction of sp³-hybridized carbons (Fsp3) is 0.400. The van der Waals surface area contributed by atoms with Crippen LogP contribution in [0.3, 0.4) is 0 Å². The van der Waals surface area contributed by atoms with E-state index >= 15 is 0 Å². The van der Waals surface area contributed by atoms with Crippen molar-refractivity contribution >= 4 is 11.8 Å². The van der Waals surface area contributed by atoms with Gasteiger partial charge in [0.25, 0.3) is 0 Å². The molecule has 0 spiro atoms. The zero-order valence-corrected chi connectivity index (χ0v) is 11.7. The van der Waals surface area contributed by atoms with Crippen molar-refractivity contribution in [3.05, 3.63) is 23.8 Å². The summed E-state index contributed by atoms with van der Waals surface area (Å²) < 4.78 is 10.3. The van der Waals surface area contributed by atoms with Crippen LogP contribution in [0.1, 0.15) is 26.3 Å². The number of rotatable bonds is 3. The Balaban J connectivity index is 2.88. The second-order valence-corrected chi connectivity index (χ2v) is 5.03. The van der Waals surface area contributed by atoms with Crippen LogP contribution in [-0.4, -0.2) is 18.8 Å². The van der Waals surface area contributed by atoms with Gasteiger partial charge < -0.3 is 9.47 Å². The summed E-state index contributed by atoms with van der Waals surface area (Å²) >= 11 is 0. The molecular formula is C15H19NO3. The number of benzene rings is 1. The van der Waals surface area contributed by atoms with E-state index in [9.17, 15) is 4.79 Å². The molecule has 0 heterocycles. The smallest absolute Gasteiger partial charge is 0.412 e. The van der Waals surface area contributed by atoms with Crippen LogP contribution < -0.4 is 10.1 Å². The Labute approximate surface area is 114 Å². The molecule has 1 aromatic carbocycles. The van der Waals surface area contributed by atoms with Gasteiger partial charge in [-0.1, -0.05) is 0 Å². The van der Waals surface area contributed by atoms with Crippen molar-refractivity contribution in [2.24, 2.45) is 0 Å². The van der Waals surface area contributed by atoms with E-state index in [-0.39, 0.29) is 0 Å². The van der Waals surface area contributed by atoms with Gasteiger partial charge in [-0.15, -0.1) is 12.3 Å². The lowest BCUT2D eigenvalue weighted by atomic mass is 10.1. The Morgan fingerprint density at radius 1 is 1.42 bits per heavy atom. The van der Waals surface area contributed by atoms with Crippen LogP contribution in [0.4, 0.5) is 10.5 Å². The summed E-state index contributed by atoms with van der Waals surface area (Å²) in [6.45, 7) is 5.43. The highest BCUT2D eigenvalue weighted by Crippen LogP contribution is 2.23. The Morgan fingerprint density at radius 2 is 2.11 bits per heavy atom. The largest absolute Gasteiger partial charge is 0.497 e. The zero-order valence-electron chi connectivity index (χ0n) is 11.7. The molecule has 0 radical (unpaired) electrons. The van der Waals surface area contributed by atoms with Crippen molar-refractivity contribution in [2.75, 3.05) is 12.4 Å². The topological polar surface area (TPSA) is 47.6 Å². The van der Waals surface area contributed by atoms with E-state index in [4.69, 9.17) is 15.9 Å². The first-order valence-electron chi connectivity index (χ1n) is 5.96. The van der Waals surface area contributed by atoms with Gasteiger partial charge in [-0.2, -0.15) is 0 Å². The van der Waals surface area contributed by atoms with E-state index in [0.29, 0.717) is 17.9 Å². The number of amides is 1. The number of hydrogen-bond acceptors (Lipinski definition) is 3. The molecule has 4 nitrogen and oxygen atoms in total. The Morgan fingerprint density at radius 3 is 2.63 bits per heavy atom. The van der Waals surface area contributed by atoms with E-state index in [1.54, 1.807) is 25.3 Å². The van der Waals surface area contributed by atoms with Crippen LogP contribution >= 0.6 is 0 Å². The molecule has 0 atom stereocenters. The summed E-state index contributed by atoms with van der Waals surface area (Å²) in [4.78, 5) is 11.7. The fourth-order valence-corrected chi connectivity index (χ4v) is 1.49. The second-order valence-electron chi connectivity index (χ2n) is 5.03. The minimum Gasteiger partial charge on any atom is -0.497 e. The van der Waals surface area contributed by atoms with E-state index in [1.165, 1.54) is 0 Å². The molecule has 0 aliphatic carbocycles. The van der Waals surface area contributed by atoms with Gasteiger partial charge >= 0.3 is 6.09 Å². The highest BCUT2D eigenvalue weighted by molar-refractivity contribution is 5.86. The highest BCUT2D eigenvalue weighted by Gasteiger charge is 2.17. The molecule has 102 valence electrons. The maximum Gasteiger partial charge on any atom is 0.412 e. The first kappa shape index (κ1) is 14.9. The molecule has 1 N–H and O–H groups in total. The quantitative estimate of drug-likeness (QED) is 0.850. The molecule has 0 saturated heterocycles. The summed E-state index contributed by atoms with van der Waals surface area (Å²) in [5.41, 5.74) is 0.906. The Bertz CT molecular complexity index is 495. The van der Waals surface area contributed by atoms with E-state index < -0.39 is 11.7 Å². The van der Waals surface area contributed by atoms with E-state index in [0.717, 1.165) is 5.56 Å². The molecule has 1 amide bonds. The Kier molecular flexibility index (Phi) is 4.82. The van der Waals surface area contributed by atoms with Gasteiger partial charge in [0.15, 0.2) is 0 Å². The third-order valence-electron chi connectivity index (χ3n) is 2.24. The normalized spacial score (nSPS) is 10.5. The molecule has 0 aromatic heterocycles. The molecule has 1 rings (SSSR count). The average molecular weight is 261 g/mol. The first-order chi connectivity index (χ1) is 8.85. The molecule has 19 heavy (non-hydrogen) atoms. The predicted octanol–water partition coefficient (Wildman–Crippen LogP) is 3.22. The van der Waals surface area contributed by atoms with Crippen molar-refractivity contribution in [3.8, 4) is 18.1 Å². The second kappa shape index (κ2) is 6.14. The van der Waals surface area contributed by atoms with Gasteiger partial charge in [0, 0.05) is 12.1 Å². The molecule has 0 aliphatic rings. The highest BCUT2D eigenvalue weighted by atomic mass is 16.6. The number of nitrogens with one attached hydrogen (secondary N) is 1. The summed E-state index contributed by atoms with van der Waals surface area (Å²) in [7, 11) is 1.58. The van der Waals surface area contributed by atoms with Crippen molar-refractivity contribution in [3.63, 3.8) is 0 Å². The van der Waals surface area contributed by atoms with Crippen molar-refractivity contribution < 1.29 is 14.3 Å². The molecule has 0 unspecified atom stereocenters.